The molecule has 6 nitrogen and oxygen atoms in total. The molecule has 104 valence electrons. The molecule has 1 heterocycles. The van der Waals surface area contributed by atoms with Crippen LogP contribution in [0.2, 0.25) is 0 Å². The maximum absolute atomic E-state index is 12.4. The normalized spacial score (nSPS) is 15.8. The van der Waals surface area contributed by atoms with E-state index in [-0.39, 0.29) is 11.3 Å². The van der Waals surface area contributed by atoms with E-state index in [9.17, 15) is 4.79 Å². The van der Waals surface area contributed by atoms with E-state index < -0.39 is 0 Å². The van der Waals surface area contributed by atoms with Gasteiger partial charge in [-0.05, 0) is 30.5 Å². The zero-order valence-electron chi connectivity index (χ0n) is 10.8. The van der Waals surface area contributed by atoms with Gasteiger partial charge in [-0.2, -0.15) is 5.21 Å². The molecule has 3 rings (SSSR count). The summed E-state index contributed by atoms with van der Waals surface area (Å²) < 4.78 is 1.02. The van der Waals surface area contributed by atoms with Crippen molar-refractivity contribution in [3.63, 3.8) is 0 Å². The van der Waals surface area contributed by atoms with Crippen LogP contribution < -0.4 is 5.32 Å². The molecule has 7 heteroatoms. The second-order valence-electron chi connectivity index (χ2n) is 4.92. The van der Waals surface area contributed by atoms with Crippen molar-refractivity contribution in [1.82, 2.24) is 25.9 Å². The minimum atomic E-state index is -0.335. The standard InChI is InChI=1S/C13H14BrN5O/c14-10-3-1-9(2-4-10)13(6-7-13)12(20)15-8-5-11-16-18-19-17-11/h1-4H,5-8H2,(H,15,20)(H,16,17,18,19). The first kappa shape index (κ1) is 13.2. The molecular weight excluding hydrogens is 322 g/mol. The van der Waals surface area contributed by atoms with Gasteiger partial charge in [-0.3, -0.25) is 4.79 Å². The number of hydrogen-bond acceptors (Lipinski definition) is 4. The van der Waals surface area contributed by atoms with Crippen molar-refractivity contribution in [2.75, 3.05) is 6.54 Å². The summed E-state index contributed by atoms with van der Waals surface area (Å²) >= 11 is 3.41. The van der Waals surface area contributed by atoms with Gasteiger partial charge in [0.25, 0.3) is 0 Å². The van der Waals surface area contributed by atoms with Crippen molar-refractivity contribution < 1.29 is 4.79 Å². The highest BCUT2D eigenvalue weighted by atomic mass is 79.9. The van der Waals surface area contributed by atoms with Crippen LogP contribution in [-0.4, -0.2) is 33.1 Å². The van der Waals surface area contributed by atoms with E-state index in [1.807, 2.05) is 24.3 Å². The van der Waals surface area contributed by atoms with Gasteiger partial charge < -0.3 is 5.32 Å². The second-order valence-corrected chi connectivity index (χ2v) is 5.84. The van der Waals surface area contributed by atoms with E-state index in [4.69, 9.17) is 0 Å². The molecule has 1 aromatic heterocycles. The molecule has 1 saturated carbocycles. The Bertz CT molecular complexity index is 592. The molecule has 1 amide bonds. The zero-order valence-corrected chi connectivity index (χ0v) is 12.4. The molecule has 1 aromatic carbocycles. The van der Waals surface area contributed by atoms with Crippen molar-refractivity contribution >= 4 is 21.8 Å². The molecule has 0 saturated heterocycles. The number of H-pyrrole nitrogens is 1. The first-order valence-electron chi connectivity index (χ1n) is 6.47. The van der Waals surface area contributed by atoms with Gasteiger partial charge in [-0.15, -0.1) is 10.2 Å². The molecule has 0 radical (unpaired) electrons. The summed E-state index contributed by atoms with van der Waals surface area (Å²) in [6, 6.07) is 7.97. The van der Waals surface area contributed by atoms with Crippen molar-refractivity contribution in [1.29, 1.82) is 0 Å². The average molecular weight is 336 g/mol. The monoisotopic (exact) mass is 335 g/mol. The number of tetrazole rings is 1. The summed E-state index contributed by atoms with van der Waals surface area (Å²) in [4.78, 5) is 12.4. The van der Waals surface area contributed by atoms with Crippen molar-refractivity contribution in [2.24, 2.45) is 0 Å². The Hall–Kier alpha value is -1.76. The van der Waals surface area contributed by atoms with Gasteiger partial charge in [-0.1, -0.05) is 33.3 Å². The molecule has 1 fully saturated rings. The number of amides is 1. The van der Waals surface area contributed by atoms with Gasteiger partial charge in [0.15, 0.2) is 5.82 Å². The first-order valence-corrected chi connectivity index (χ1v) is 7.27. The zero-order chi connectivity index (χ0) is 14.0. The first-order chi connectivity index (χ1) is 9.71. The molecule has 1 aliphatic carbocycles. The molecule has 1 aliphatic rings. The fourth-order valence-electron chi connectivity index (χ4n) is 2.29. The predicted molar refractivity (Wildman–Crippen MR) is 75.9 cm³/mol. The van der Waals surface area contributed by atoms with Gasteiger partial charge in [0.1, 0.15) is 0 Å². The van der Waals surface area contributed by atoms with Crippen LogP contribution in [0.25, 0.3) is 0 Å². The second kappa shape index (κ2) is 5.32. The third-order valence-electron chi connectivity index (χ3n) is 3.60. The Morgan fingerprint density at radius 3 is 2.70 bits per heavy atom. The van der Waals surface area contributed by atoms with Crippen molar-refractivity contribution in [3.8, 4) is 0 Å². The Kier molecular flexibility index (Phi) is 3.52. The van der Waals surface area contributed by atoms with Crippen LogP contribution in [0, 0.1) is 0 Å². The minimum Gasteiger partial charge on any atom is -0.355 e. The van der Waals surface area contributed by atoms with Crippen LogP contribution in [0.15, 0.2) is 28.7 Å². The quantitative estimate of drug-likeness (QED) is 0.863. The van der Waals surface area contributed by atoms with Crippen molar-refractivity contribution in [2.45, 2.75) is 24.7 Å². The van der Waals surface area contributed by atoms with Crippen LogP contribution in [0.1, 0.15) is 24.2 Å². The van der Waals surface area contributed by atoms with Gasteiger partial charge in [0.05, 0.1) is 5.41 Å². The van der Waals surface area contributed by atoms with Gasteiger partial charge in [0.2, 0.25) is 5.91 Å². The summed E-state index contributed by atoms with van der Waals surface area (Å²) in [5.74, 6) is 0.696. The molecule has 2 aromatic rings. The molecule has 0 unspecified atom stereocenters. The average Bonchev–Trinajstić information content (AvgIpc) is 3.10. The molecule has 0 spiro atoms. The summed E-state index contributed by atoms with van der Waals surface area (Å²) in [6.45, 7) is 0.524. The lowest BCUT2D eigenvalue weighted by Crippen LogP contribution is -2.36. The van der Waals surface area contributed by atoms with E-state index in [0.29, 0.717) is 18.8 Å². The summed E-state index contributed by atoms with van der Waals surface area (Å²) in [6.07, 6.45) is 2.39. The molecule has 2 N–H and O–H groups in total. The largest absolute Gasteiger partial charge is 0.355 e. The summed E-state index contributed by atoms with van der Waals surface area (Å²) in [7, 11) is 0. The van der Waals surface area contributed by atoms with Crippen LogP contribution >= 0.6 is 15.9 Å². The molecule has 0 bridgehead atoms. The van der Waals surface area contributed by atoms with Crippen LogP contribution in [-0.2, 0) is 16.6 Å². The third-order valence-corrected chi connectivity index (χ3v) is 4.13. The fraction of sp³-hybridized carbons (Fsp3) is 0.385. The maximum atomic E-state index is 12.4. The Morgan fingerprint density at radius 1 is 1.35 bits per heavy atom. The fourth-order valence-corrected chi connectivity index (χ4v) is 2.55. The molecular formula is C13H14BrN5O. The van der Waals surface area contributed by atoms with Crippen LogP contribution in [0.3, 0.4) is 0 Å². The number of nitrogens with zero attached hydrogens (tertiary/aromatic N) is 3. The van der Waals surface area contributed by atoms with Gasteiger partial charge in [-0.25, -0.2) is 0 Å². The minimum absolute atomic E-state index is 0.0864. The Morgan fingerprint density at radius 2 is 2.10 bits per heavy atom. The third kappa shape index (κ3) is 2.58. The highest BCUT2D eigenvalue weighted by Crippen LogP contribution is 2.48. The lowest BCUT2D eigenvalue weighted by atomic mass is 9.95. The van der Waals surface area contributed by atoms with E-state index >= 15 is 0 Å². The Balaban J connectivity index is 1.60. The van der Waals surface area contributed by atoms with Gasteiger partial charge >= 0.3 is 0 Å². The van der Waals surface area contributed by atoms with E-state index in [0.717, 1.165) is 22.9 Å². The molecule has 0 atom stereocenters. The number of carbonyl (C=O) groups is 1. The number of carbonyl (C=O) groups excluding carboxylic acids is 1. The highest BCUT2D eigenvalue weighted by molar-refractivity contribution is 9.10. The number of nitrogens with one attached hydrogen (secondary N) is 2. The van der Waals surface area contributed by atoms with Gasteiger partial charge in [0, 0.05) is 17.4 Å². The SMILES string of the molecule is O=C(NCCc1nn[nH]n1)C1(c2ccc(Br)cc2)CC1. The number of benzene rings is 1. The smallest absolute Gasteiger partial charge is 0.230 e. The lowest BCUT2D eigenvalue weighted by molar-refractivity contribution is -0.123. The maximum Gasteiger partial charge on any atom is 0.230 e. The number of hydrogen-bond donors (Lipinski definition) is 2. The topological polar surface area (TPSA) is 83.6 Å². The van der Waals surface area contributed by atoms with Crippen molar-refractivity contribution in [3.05, 3.63) is 40.1 Å². The van der Waals surface area contributed by atoms with Crippen LogP contribution in [0.5, 0.6) is 0 Å². The number of halogens is 1. The van der Waals surface area contributed by atoms with Crippen LogP contribution in [0.4, 0.5) is 0 Å². The number of aromatic amines is 1. The highest BCUT2D eigenvalue weighted by Gasteiger charge is 2.50. The van der Waals surface area contributed by atoms with E-state index in [1.165, 1.54) is 0 Å². The number of rotatable bonds is 5. The predicted octanol–water partition coefficient (Wildman–Crippen LogP) is 1.35. The van der Waals surface area contributed by atoms with E-state index in [2.05, 4.69) is 41.9 Å². The summed E-state index contributed by atoms with van der Waals surface area (Å²) in [5, 5.41) is 16.6. The molecule has 0 aliphatic heterocycles. The van der Waals surface area contributed by atoms with E-state index in [1.54, 1.807) is 0 Å². The number of aromatic nitrogens is 4. The summed E-state index contributed by atoms with van der Waals surface area (Å²) in [5.41, 5.74) is 0.746. The Labute approximate surface area is 124 Å². The molecule has 20 heavy (non-hydrogen) atoms. The lowest BCUT2D eigenvalue weighted by Gasteiger charge is -2.15.